The first-order valence-corrected chi connectivity index (χ1v) is 17.4. The monoisotopic (exact) mass is 643 g/mol. The predicted molar refractivity (Wildman–Crippen MR) is 210 cm³/mol. The van der Waals surface area contributed by atoms with Crippen LogP contribution in [0.25, 0.3) is 75.1 Å². The van der Waals surface area contributed by atoms with Crippen LogP contribution in [0.2, 0.25) is 0 Å². The van der Waals surface area contributed by atoms with Crippen LogP contribution in [0.15, 0.2) is 180 Å². The molecule has 0 N–H and O–H groups in total. The number of fused-ring (bicyclic) bond motifs is 7. The van der Waals surface area contributed by atoms with Gasteiger partial charge in [0, 0.05) is 37.6 Å². The topological polar surface area (TPSA) is 16.4 Å². The summed E-state index contributed by atoms with van der Waals surface area (Å²) in [5.74, 6) is 0. The summed E-state index contributed by atoms with van der Waals surface area (Å²) in [5, 5.41) is 7.36. The number of benzene rings is 8. The van der Waals surface area contributed by atoms with Gasteiger partial charge in [0.25, 0.3) is 0 Å². The maximum absolute atomic E-state index is 6.11. The van der Waals surface area contributed by atoms with E-state index in [4.69, 9.17) is 4.42 Å². The molecule has 0 aliphatic carbocycles. The molecule has 2 heterocycles. The normalized spacial score (nSPS) is 11.7. The third-order valence-corrected chi connectivity index (χ3v) is 10.9. The van der Waals surface area contributed by atoms with Crippen molar-refractivity contribution in [3.8, 4) is 22.3 Å². The number of para-hydroxylation sites is 1. The molecule has 0 bridgehead atoms. The molecule has 230 valence electrons. The Morgan fingerprint density at radius 3 is 2.02 bits per heavy atom. The van der Waals surface area contributed by atoms with Gasteiger partial charge in [0.15, 0.2) is 0 Å². The van der Waals surface area contributed by atoms with E-state index < -0.39 is 0 Å². The van der Waals surface area contributed by atoms with Gasteiger partial charge < -0.3 is 9.32 Å². The zero-order valence-electron chi connectivity index (χ0n) is 26.5. The van der Waals surface area contributed by atoms with E-state index in [0.29, 0.717) is 0 Å². The highest BCUT2D eigenvalue weighted by Crippen LogP contribution is 2.46. The Labute approximate surface area is 287 Å². The predicted octanol–water partition coefficient (Wildman–Crippen LogP) is 13.9. The molecule has 2 nitrogen and oxygen atoms in total. The van der Waals surface area contributed by atoms with Gasteiger partial charge in [-0.2, -0.15) is 0 Å². The Hall–Kier alpha value is -6.16. The molecule has 0 amide bonds. The van der Waals surface area contributed by atoms with Crippen LogP contribution in [0, 0.1) is 0 Å². The standard InChI is InChI=1S/C46H29NOS/c1-2-14-36-31(10-1)11-8-17-37(36)33-12-7-13-35(28-33)47(42-19-9-18-40-39-16-4-6-21-45(39)49-46(40)42)34-25-22-30(23-26-34)32-24-27-44-41(29-32)38-15-3-5-20-43(38)48-44/h1-29H. The van der Waals surface area contributed by atoms with Crippen LogP contribution in [-0.2, 0) is 0 Å². The molecule has 0 unspecified atom stereocenters. The second kappa shape index (κ2) is 11.2. The minimum atomic E-state index is 0.912. The van der Waals surface area contributed by atoms with Gasteiger partial charge >= 0.3 is 0 Å². The molecular weight excluding hydrogens is 615 g/mol. The quantitative estimate of drug-likeness (QED) is 0.186. The van der Waals surface area contributed by atoms with Gasteiger partial charge in [-0.15, -0.1) is 11.3 Å². The van der Waals surface area contributed by atoms with Gasteiger partial charge in [0.2, 0.25) is 0 Å². The molecule has 0 atom stereocenters. The Balaban J connectivity index is 1.14. The number of furan rings is 1. The summed E-state index contributed by atoms with van der Waals surface area (Å²) in [7, 11) is 0. The molecular formula is C46H29NOS. The van der Waals surface area contributed by atoms with E-state index in [1.165, 1.54) is 58.9 Å². The highest BCUT2D eigenvalue weighted by Gasteiger charge is 2.19. The lowest BCUT2D eigenvalue weighted by Crippen LogP contribution is -2.10. The smallest absolute Gasteiger partial charge is 0.135 e. The van der Waals surface area contributed by atoms with Crippen molar-refractivity contribution in [3.63, 3.8) is 0 Å². The fourth-order valence-electron chi connectivity index (χ4n) is 7.33. The van der Waals surface area contributed by atoms with Gasteiger partial charge in [-0.25, -0.2) is 0 Å². The van der Waals surface area contributed by atoms with Crippen LogP contribution >= 0.6 is 11.3 Å². The molecule has 2 aromatic heterocycles. The van der Waals surface area contributed by atoms with Crippen molar-refractivity contribution in [1.82, 2.24) is 0 Å². The average Bonchev–Trinajstić information content (AvgIpc) is 3.74. The molecule has 0 saturated heterocycles. The zero-order valence-corrected chi connectivity index (χ0v) is 27.3. The maximum Gasteiger partial charge on any atom is 0.135 e. The van der Waals surface area contributed by atoms with Crippen molar-refractivity contribution >= 4 is 81.3 Å². The fraction of sp³-hybridized carbons (Fsp3) is 0. The number of rotatable bonds is 5. The third kappa shape index (κ3) is 4.62. The lowest BCUT2D eigenvalue weighted by Gasteiger charge is -2.27. The summed E-state index contributed by atoms with van der Waals surface area (Å²) >= 11 is 1.86. The first kappa shape index (κ1) is 27.9. The first-order valence-electron chi connectivity index (χ1n) is 16.6. The SMILES string of the molecule is c1cc(-c2cccc3ccccc23)cc(N(c2ccc(-c3ccc4oc5ccccc5c4c3)cc2)c2cccc3c2sc2ccccc23)c1. The molecule has 3 heteroatoms. The van der Waals surface area contributed by atoms with E-state index in [1.54, 1.807) is 0 Å². The van der Waals surface area contributed by atoms with Crippen LogP contribution in [0.4, 0.5) is 17.1 Å². The van der Waals surface area contributed by atoms with Crippen LogP contribution in [0.1, 0.15) is 0 Å². The third-order valence-electron chi connectivity index (χ3n) is 9.66. The van der Waals surface area contributed by atoms with Gasteiger partial charge in [-0.05, 0) is 87.6 Å². The number of hydrogen-bond acceptors (Lipinski definition) is 3. The largest absolute Gasteiger partial charge is 0.456 e. The van der Waals surface area contributed by atoms with E-state index in [9.17, 15) is 0 Å². The van der Waals surface area contributed by atoms with Crippen molar-refractivity contribution in [3.05, 3.63) is 176 Å². The van der Waals surface area contributed by atoms with Crippen molar-refractivity contribution in [2.24, 2.45) is 0 Å². The van der Waals surface area contributed by atoms with E-state index in [1.807, 2.05) is 23.5 Å². The highest BCUT2D eigenvalue weighted by molar-refractivity contribution is 7.26. The minimum Gasteiger partial charge on any atom is -0.456 e. The molecule has 8 aromatic carbocycles. The average molecular weight is 644 g/mol. The summed E-state index contributed by atoms with van der Waals surface area (Å²) < 4.78 is 8.68. The molecule has 0 spiro atoms. The molecule has 49 heavy (non-hydrogen) atoms. The van der Waals surface area contributed by atoms with Crippen LogP contribution < -0.4 is 4.90 Å². The highest BCUT2D eigenvalue weighted by atomic mass is 32.1. The number of nitrogens with zero attached hydrogens (tertiary/aromatic N) is 1. The second-order valence-electron chi connectivity index (χ2n) is 12.5. The van der Waals surface area contributed by atoms with Gasteiger partial charge in [0.1, 0.15) is 11.2 Å². The Bertz CT molecular complexity index is 2840. The molecule has 0 fully saturated rings. The lowest BCUT2D eigenvalue weighted by atomic mass is 9.97. The van der Waals surface area contributed by atoms with E-state index >= 15 is 0 Å². The molecule has 0 saturated carbocycles. The first-order chi connectivity index (χ1) is 24.3. The molecule has 10 aromatic rings. The van der Waals surface area contributed by atoms with Crippen molar-refractivity contribution in [1.29, 1.82) is 0 Å². The maximum atomic E-state index is 6.11. The van der Waals surface area contributed by atoms with Crippen molar-refractivity contribution in [2.45, 2.75) is 0 Å². The summed E-state index contributed by atoms with van der Waals surface area (Å²) in [4.78, 5) is 2.42. The summed E-state index contributed by atoms with van der Waals surface area (Å²) in [6.07, 6.45) is 0. The van der Waals surface area contributed by atoms with Crippen molar-refractivity contribution < 1.29 is 4.42 Å². The van der Waals surface area contributed by atoms with Crippen LogP contribution in [0.3, 0.4) is 0 Å². The molecule has 0 aliphatic rings. The summed E-state index contributed by atoms with van der Waals surface area (Å²) in [6, 6.07) is 63.3. The zero-order chi connectivity index (χ0) is 32.3. The van der Waals surface area contributed by atoms with Gasteiger partial charge in [0.05, 0.1) is 10.4 Å². The van der Waals surface area contributed by atoms with E-state index in [2.05, 4.69) is 169 Å². The van der Waals surface area contributed by atoms with E-state index in [0.717, 1.165) is 33.3 Å². The van der Waals surface area contributed by atoms with E-state index in [-0.39, 0.29) is 0 Å². The number of anilines is 3. The second-order valence-corrected chi connectivity index (χ2v) is 13.6. The number of hydrogen-bond donors (Lipinski definition) is 0. The van der Waals surface area contributed by atoms with Crippen LogP contribution in [-0.4, -0.2) is 0 Å². The van der Waals surface area contributed by atoms with Gasteiger partial charge in [-0.3, -0.25) is 0 Å². The number of thiophene rings is 1. The lowest BCUT2D eigenvalue weighted by molar-refractivity contribution is 0.669. The molecule has 10 rings (SSSR count). The van der Waals surface area contributed by atoms with Crippen molar-refractivity contribution in [2.75, 3.05) is 4.90 Å². The Kier molecular flexibility index (Phi) is 6.39. The molecule has 0 radical (unpaired) electrons. The summed E-state index contributed by atoms with van der Waals surface area (Å²) in [5.41, 5.74) is 10.00. The minimum absolute atomic E-state index is 0.912. The summed E-state index contributed by atoms with van der Waals surface area (Å²) in [6.45, 7) is 0. The van der Waals surface area contributed by atoms with Gasteiger partial charge in [-0.1, -0.05) is 121 Å². The fourth-order valence-corrected chi connectivity index (χ4v) is 8.54. The Morgan fingerprint density at radius 1 is 0.408 bits per heavy atom. The van der Waals surface area contributed by atoms with Crippen LogP contribution in [0.5, 0.6) is 0 Å². The molecule has 0 aliphatic heterocycles. The Morgan fingerprint density at radius 2 is 1.10 bits per heavy atom.